The summed E-state index contributed by atoms with van der Waals surface area (Å²) < 4.78 is 19.6. The number of aliphatic carboxylic acids is 2. The van der Waals surface area contributed by atoms with Gasteiger partial charge in [0.15, 0.2) is 0 Å². The van der Waals surface area contributed by atoms with Crippen molar-refractivity contribution < 1.29 is 38.7 Å². The highest BCUT2D eigenvalue weighted by molar-refractivity contribution is 5.68. The standard InChI is InChI=1S/C10H18O8/c11-9(12)7-17-5-3-15-1-2-16-4-6-18-8-10(13)14/h1-8H2,(H,11,12)(H,13,14). The first kappa shape index (κ1) is 16.8. The summed E-state index contributed by atoms with van der Waals surface area (Å²) in [6.45, 7) is 1.08. The summed E-state index contributed by atoms with van der Waals surface area (Å²) in [5.41, 5.74) is 0. The summed E-state index contributed by atoms with van der Waals surface area (Å²) in [6, 6.07) is 0. The maximum atomic E-state index is 10.1. The molecule has 0 aliphatic heterocycles. The van der Waals surface area contributed by atoms with E-state index in [0.717, 1.165) is 0 Å². The van der Waals surface area contributed by atoms with Crippen LogP contribution in [0, 0.1) is 0 Å². The molecule has 2 N–H and O–H groups in total. The topological polar surface area (TPSA) is 112 Å². The first-order valence-electron chi connectivity index (χ1n) is 5.37. The fourth-order valence-electron chi connectivity index (χ4n) is 0.877. The Morgan fingerprint density at radius 2 is 0.889 bits per heavy atom. The van der Waals surface area contributed by atoms with Gasteiger partial charge in [0.1, 0.15) is 13.2 Å². The Morgan fingerprint density at radius 3 is 1.17 bits per heavy atom. The molecule has 0 aromatic heterocycles. The van der Waals surface area contributed by atoms with Crippen molar-refractivity contribution in [2.75, 3.05) is 52.9 Å². The van der Waals surface area contributed by atoms with Crippen LogP contribution in [-0.2, 0) is 28.5 Å². The first-order chi connectivity index (χ1) is 8.63. The molecule has 8 heteroatoms. The number of carboxylic acids is 2. The minimum Gasteiger partial charge on any atom is -0.480 e. The lowest BCUT2D eigenvalue weighted by Crippen LogP contribution is -2.15. The highest BCUT2D eigenvalue weighted by Crippen LogP contribution is 1.82. The number of rotatable bonds is 13. The quantitative estimate of drug-likeness (QED) is 0.418. The van der Waals surface area contributed by atoms with E-state index in [4.69, 9.17) is 29.2 Å². The van der Waals surface area contributed by atoms with Crippen LogP contribution in [0.15, 0.2) is 0 Å². The molecule has 0 fully saturated rings. The fraction of sp³-hybridized carbons (Fsp3) is 0.800. The number of ether oxygens (including phenoxy) is 4. The fourth-order valence-corrected chi connectivity index (χ4v) is 0.877. The summed E-state index contributed by atoms with van der Waals surface area (Å²) in [4.78, 5) is 20.1. The van der Waals surface area contributed by atoms with E-state index in [1.807, 2.05) is 0 Å². The Bertz CT molecular complexity index is 206. The summed E-state index contributed by atoms with van der Waals surface area (Å²) in [5.74, 6) is -2.03. The molecule has 0 bridgehead atoms. The molecule has 0 rings (SSSR count). The SMILES string of the molecule is O=C(O)COCCOCCOCCOCC(=O)O. The van der Waals surface area contributed by atoms with Gasteiger partial charge in [0.05, 0.1) is 39.6 Å². The zero-order valence-electron chi connectivity index (χ0n) is 10.0. The maximum absolute atomic E-state index is 10.1. The monoisotopic (exact) mass is 266 g/mol. The van der Waals surface area contributed by atoms with E-state index < -0.39 is 11.9 Å². The highest BCUT2D eigenvalue weighted by atomic mass is 16.6. The highest BCUT2D eigenvalue weighted by Gasteiger charge is 1.97. The van der Waals surface area contributed by atoms with Crippen molar-refractivity contribution in [3.05, 3.63) is 0 Å². The van der Waals surface area contributed by atoms with Crippen molar-refractivity contribution in [2.24, 2.45) is 0 Å². The average Bonchev–Trinajstić information content (AvgIpc) is 2.29. The summed E-state index contributed by atoms with van der Waals surface area (Å²) in [7, 11) is 0. The molecule has 0 heterocycles. The number of carbonyl (C=O) groups is 2. The average molecular weight is 266 g/mol. The lowest BCUT2D eigenvalue weighted by atomic mass is 10.7. The Hall–Kier alpha value is -1.22. The molecule has 0 saturated carbocycles. The molecule has 0 atom stereocenters. The van der Waals surface area contributed by atoms with Gasteiger partial charge in [-0.2, -0.15) is 0 Å². The molecule has 0 aliphatic carbocycles. The minimum absolute atomic E-state index is 0.216. The predicted octanol–water partition coefficient (Wildman–Crippen LogP) is -0.778. The van der Waals surface area contributed by atoms with Crippen LogP contribution in [0.3, 0.4) is 0 Å². The molecule has 0 spiro atoms. The van der Waals surface area contributed by atoms with Gasteiger partial charge in [0, 0.05) is 0 Å². The van der Waals surface area contributed by atoms with Crippen molar-refractivity contribution in [2.45, 2.75) is 0 Å². The predicted molar refractivity (Wildman–Crippen MR) is 58.5 cm³/mol. The lowest BCUT2D eigenvalue weighted by Gasteiger charge is -2.06. The molecule has 0 unspecified atom stereocenters. The van der Waals surface area contributed by atoms with Gasteiger partial charge in [-0.25, -0.2) is 9.59 Å². The van der Waals surface area contributed by atoms with Crippen LogP contribution in [0.1, 0.15) is 0 Å². The lowest BCUT2D eigenvalue weighted by molar-refractivity contribution is -0.144. The molecule has 8 nitrogen and oxygen atoms in total. The molecule has 0 aromatic carbocycles. The van der Waals surface area contributed by atoms with Crippen molar-refractivity contribution >= 4 is 11.9 Å². The van der Waals surface area contributed by atoms with E-state index >= 15 is 0 Å². The second kappa shape index (κ2) is 12.2. The smallest absolute Gasteiger partial charge is 0.329 e. The molecular weight excluding hydrogens is 248 g/mol. The van der Waals surface area contributed by atoms with Crippen LogP contribution in [0.25, 0.3) is 0 Å². The van der Waals surface area contributed by atoms with Gasteiger partial charge in [0.2, 0.25) is 0 Å². The maximum Gasteiger partial charge on any atom is 0.329 e. The molecular formula is C10H18O8. The Morgan fingerprint density at radius 1 is 0.611 bits per heavy atom. The van der Waals surface area contributed by atoms with E-state index in [1.54, 1.807) is 0 Å². The molecule has 0 saturated heterocycles. The second-order valence-electron chi connectivity index (χ2n) is 3.12. The number of hydrogen-bond donors (Lipinski definition) is 2. The molecule has 0 aromatic rings. The number of hydrogen-bond acceptors (Lipinski definition) is 6. The Balaban J connectivity index is 2.99. The van der Waals surface area contributed by atoms with Gasteiger partial charge >= 0.3 is 11.9 Å². The molecule has 0 amide bonds. The van der Waals surface area contributed by atoms with E-state index in [1.165, 1.54) is 0 Å². The third-order valence-corrected chi connectivity index (χ3v) is 1.57. The molecule has 0 aliphatic rings. The molecule has 18 heavy (non-hydrogen) atoms. The molecule has 0 radical (unpaired) electrons. The molecule has 106 valence electrons. The van der Waals surface area contributed by atoms with Gasteiger partial charge in [-0.15, -0.1) is 0 Å². The normalized spacial score (nSPS) is 10.4. The van der Waals surface area contributed by atoms with Gasteiger partial charge in [-0.1, -0.05) is 0 Å². The Labute approximate surface area is 104 Å². The van der Waals surface area contributed by atoms with Crippen LogP contribution < -0.4 is 0 Å². The van der Waals surface area contributed by atoms with Crippen molar-refractivity contribution in [3.63, 3.8) is 0 Å². The third kappa shape index (κ3) is 14.8. The van der Waals surface area contributed by atoms with E-state index in [-0.39, 0.29) is 26.4 Å². The van der Waals surface area contributed by atoms with E-state index in [0.29, 0.717) is 26.4 Å². The minimum atomic E-state index is -1.01. The zero-order chi connectivity index (χ0) is 13.6. The van der Waals surface area contributed by atoms with Crippen LogP contribution in [-0.4, -0.2) is 75.0 Å². The van der Waals surface area contributed by atoms with Gasteiger partial charge < -0.3 is 29.2 Å². The van der Waals surface area contributed by atoms with Crippen molar-refractivity contribution in [3.8, 4) is 0 Å². The van der Waals surface area contributed by atoms with Crippen LogP contribution >= 0.6 is 0 Å². The second-order valence-corrected chi connectivity index (χ2v) is 3.12. The van der Waals surface area contributed by atoms with Crippen LogP contribution in [0.5, 0.6) is 0 Å². The largest absolute Gasteiger partial charge is 0.480 e. The van der Waals surface area contributed by atoms with Crippen molar-refractivity contribution in [1.29, 1.82) is 0 Å². The zero-order valence-corrected chi connectivity index (χ0v) is 10.0. The van der Waals surface area contributed by atoms with Crippen molar-refractivity contribution in [1.82, 2.24) is 0 Å². The van der Waals surface area contributed by atoms with Crippen LogP contribution in [0.2, 0.25) is 0 Å². The summed E-state index contributed by atoms with van der Waals surface area (Å²) in [6.07, 6.45) is 0. The number of carboxylic acid groups (broad SMARTS) is 2. The van der Waals surface area contributed by atoms with Gasteiger partial charge in [-0.3, -0.25) is 0 Å². The third-order valence-electron chi connectivity index (χ3n) is 1.57. The van der Waals surface area contributed by atoms with Gasteiger partial charge in [0.25, 0.3) is 0 Å². The van der Waals surface area contributed by atoms with E-state index in [2.05, 4.69) is 0 Å². The summed E-state index contributed by atoms with van der Waals surface area (Å²) >= 11 is 0. The Kier molecular flexibility index (Phi) is 11.4. The summed E-state index contributed by atoms with van der Waals surface area (Å²) in [5, 5.41) is 16.5. The van der Waals surface area contributed by atoms with Gasteiger partial charge in [-0.05, 0) is 0 Å². The van der Waals surface area contributed by atoms with E-state index in [9.17, 15) is 9.59 Å². The first-order valence-corrected chi connectivity index (χ1v) is 5.37. The van der Waals surface area contributed by atoms with Crippen LogP contribution in [0.4, 0.5) is 0 Å².